The largest absolute Gasteiger partial charge is 0.423 e. The maximum atomic E-state index is 11.9. The highest BCUT2D eigenvalue weighted by molar-refractivity contribution is 5.81. The van der Waals surface area contributed by atoms with Gasteiger partial charge in [-0.2, -0.15) is 13.2 Å². The summed E-state index contributed by atoms with van der Waals surface area (Å²) in [7, 11) is 0. The molecule has 1 rings (SSSR count). The minimum atomic E-state index is -4.85. The lowest BCUT2D eigenvalue weighted by Crippen LogP contribution is -2.45. The molecule has 76 valence electrons. The number of nitrogens with zero attached hydrogens (tertiary/aromatic N) is 1. The molecule has 0 unspecified atom stereocenters. The Morgan fingerprint density at radius 1 is 1.31 bits per heavy atom. The molecule has 0 spiro atoms. The lowest BCUT2D eigenvalue weighted by Gasteiger charge is -2.20. The van der Waals surface area contributed by atoms with Gasteiger partial charge in [0.05, 0.1) is 0 Å². The molecule has 1 fully saturated rings. The number of likely N-dealkylation sites (tertiary alicyclic amines) is 1. The van der Waals surface area contributed by atoms with Crippen LogP contribution in [0.4, 0.5) is 13.2 Å². The summed E-state index contributed by atoms with van der Waals surface area (Å²) in [5.74, 6) is -1.23. The number of amides is 1. The molecule has 0 bridgehead atoms. The molecule has 3 nitrogen and oxygen atoms in total. The van der Waals surface area contributed by atoms with Gasteiger partial charge in [-0.05, 0) is 12.8 Å². The molecule has 13 heavy (non-hydrogen) atoms. The van der Waals surface area contributed by atoms with Crippen molar-refractivity contribution in [3.05, 3.63) is 0 Å². The second kappa shape index (κ2) is 3.53. The van der Waals surface area contributed by atoms with Crippen LogP contribution in [0.15, 0.2) is 0 Å². The van der Waals surface area contributed by atoms with Crippen LogP contribution in [0, 0.1) is 0 Å². The summed E-state index contributed by atoms with van der Waals surface area (Å²) in [6.45, 7) is 0.623. The molecule has 6 heteroatoms. The molecular weight excluding hydrogens is 187 g/mol. The number of carbonyl (C=O) groups is 1. The van der Waals surface area contributed by atoms with Gasteiger partial charge in [0.25, 0.3) is 5.91 Å². The summed E-state index contributed by atoms with van der Waals surface area (Å²) in [5, 5.41) is 8.60. The van der Waals surface area contributed by atoms with E-state index in [9.17, 15) is 18.0 Å². The fraction of sp³-hybridized carbons (Fsp3) is 0.857. The van der Waals surface area contributed by atoms with E-state index < -0.39 is 18.2 Å². The van der Waals surface area contributed by atoms with Crippen molar-refractivity contribution in [2.24, 2.45) is 0 Å². The van der Waals surface area contributed by atoms with Crippen LogP contribution in [0.5, 0.6) is 0 Å². The zero-order chi connectivity index (χ0) is 10.1. The Labute approximate surface area is 73.1 Å². The minimum Gasteiger partial charge on any atom is -0.376 e. The highest BCUT2D eigenvalue weighted by Gasteiger charge is 2.45. The fourth-order valence-electron chi connectivity index (χ4n) is 1.25. The zero-order valence-corrected chi connectivity index (χ0v) is 6.84. The Bertz CT molecular complexity index is 198. The van der Waals surface area contributed by atoms with E-state index >= 15 is 0 Å². The maximum Gasteiger partial charge on any atom is 0.423 e. The van der Waals surface area contributed by atoms with E-state index in [0.29, 0.717) is 25.9 Å². The Balaban J connectivity index is 2.56. The summed E-state index contributed by atoms with van der Waals surface area (Å²) in [5.41, 5.74) is 0. The van der Waals surface area contributed by atoms with Crippen LogP contribution in [0.25, 0.3) is 0 Å². The zero-order valence-electron chi connectivity index (χ0n) is 6.84. The molecule has 1 amide bonds. The van der Waals surface area contributed by atoms with Crippen molar-refractivity contribution >= 4 is 5.91 Å². The Morgan fingerprint density at radius 2 is 1.77 bits per heavy atom. The van der Waals surface area contributed by atoms with Crippen molar-refractivity contribution in [1.82, 2.24) is 4.90 Å². The van der Waals surface area contributed by atoms with E-state index in [1.807, 2.05) is 0 Å². The van der Waals surface area contributed by atoms with Crippen LogP contribution < -0.4 is 0 Å². The van der Waals surface area contributed by atoms with Crippen molar-refractivity contribution in [1.29, 1.82) is 0 Å². The summed E-state index contributed by atoms with van der Waals surface area (Å²) >= 11 is 0. The molecule has 0 aliphatic carbocycles. The quantitative estimate of drug-likeness (QED) is 0.666. The number of hydrogen-bond donors (Lipinski definition) is 1. The first-order valence-corrected chi connectivity index (χ1v) is 3.96. The number of halogens is 3. The van der Waals surface area contributed by atoms with Crippen molar-refractivity contribution in [2.45, 2.75) is 25.1 Å². The lowest BCUT2D eigenvalue weighted by molar-refractivity contribution is -0.210. The van der Waals surface area contributed by atoms with Crippen molar-refractivity contribution in [2.75, 3.05) is 13.1 Å². The van der Waals surface area contributed by atoms with Gasteiger partial charge in [0, 0.05) is 13.1 Å². The molecular formula is C7H10F3NO2. The molecule has 0 aromatic heterocycles. The van der Waals surface area contributed by atoms with Crippen LogP contribution in [0.3, 0.4) is 0 Å². The summed E-state index contributed by atoms with van der Waals surface area (Å²) in [6.07, 6.45) is -6.29. The van der Waals surface area contributed by atoms with Gasteiger partial charge in [0.2, 0.25) is 6.10 Å². The lowest BCUT2D eigenvalue weighted by atomic mass is 10.3. The minimum absolute atomic E-state index is 0.311. The van der Waals surface area contributed by atoms with Gasteiger partial charge in [0.15, 0.2) is 0 Å². The average molecular weight is 197 g/mol. The van der Waals surface area contributed by atoms with Crippen LogP contribution >= 0.6 is 0 Å². The third kappa shape index (κ3) is 2.33. The van der Waals surface area contributed by atoms with Crippen molar-refractivity contribution in [3.63, 3.8) is 0 Å². The number of hydrogen-bond acceptors (Lipinski definition) is 2. The molecule has 1 atom stereocenters. The summed E-state index contributed by atoms with van der Waals surface area (Å²) < 4.78 is 35.6. The van der Waals surface area contributed by atoms with Crippen LogP contribution in [-0.4, -0.2) is 41.3 Å². The van der Waals surface area contributed by atoms with Crippen LogP contribution in [-0.2, 0) is 4.79 Å². The molecule has 0 saturated carbocycles. The van der Waals surface area contributed by atoms with E-state index in [-0.39, 0.29) is 0 Å². The smallest absolute Gasteiger partial charge is 0.376 e. The van der Waals surface area contributed by atoms with Gasteiger partial charge in [-0.25, -0.2) is 0 Å². The van der Waals surface area contributed by atoms with Gasteiger partial charge in [0.1, 0.15) is 0 Å². The van der Waals surface area contributed by atoms with Crippen LogP contribution in [0.1, 0.15) is 12.8 Å². The number of aliphatic hydroxyl groups is 1. The Kier molecular flexibility index (Phi) is 2.80. The monoisotopic (exact) mass is 197 g/mol. The summed E-state index contributed by atoms with van der Waals surface area (Å²) in [4.78, 5) is 12.0. The second-order valence-electron chi connectivity index (χ2n) is 2.98. The van der Waals surface area contributed by atoms with Crippen LogP contribution in [0.2, 0.25) is 0 Å². The molecule has 1 aliphatic heterocycles. The highest BCUT2D eigenvalue weighted by atomic mass is 19.4. The number of alkyl halides is 3. The molecule has 1 heterocycles. The molecule has 0 aromatic rings. The number of rotatable bonds is 1. The van der Waals surface area contributed by atoms with Gasteiger partial charge in [-0.1, -0.05) is 0 Å². The Hall–Kier alpha value is -0.780. The van der Waals surface area contributed by atoms with E-state index in [1.54, 1.807) is 0 Å². The molecule has 1 N–H and O–H groups in total. The van der Waals surface area contributed by atoms with E-state index in [0.717, 1.165) is 4.90 Å². The van der Waals surface area contributed by atoms with Gasteiger partial charge in [-0.3, -0.25) is 4.79 Å². The number of aliphatic hydroxyl groups excluding tert-OH is 1. The molecule has 0 aromatic carbocycles. The van der Waals surface area contributed by atoms with Gasteiger partial charge in [-0.15, -0.1) is 0 Å². The first kappa shape index (κ1) is 10.3. The average Bonchev–Trinajstić information content (AvgIpc) is 2.51. The Morgan fingerprint density at radius 3 is 2.15 bits per heavy atom. The van der Waals surface area contributed by atoms with E-state index in [2.05, 4.69) is 0 Å². The first-order valence-electron chi connectivity index (χ1n) is 3.96. The summed E-state index contributed by atoms with van der Waals surface area (Å²) in [6, 6.07) is 0. The molecule has 1 saturated heterocycles. The van der Waals surface area contributed by atoms with E-state index in [1.165, 1.54) is 0 Å². The third-order valence-electron chi connectivity index (χ3n) is 1.96. The van der Waals surface area contributed by atoms with Crippen molar-refractivity contribution < 1.29 is 23.1 Å². The molecule has 0 radical (unpaired) electrons. The second-order valence-corrected chi connectivity index (χ2v) is 2.98. The SMILES string of the molecule is O=C([C@H](O)C(F)(F)F)N1CCCC1. The predicted molar refractivity (Wildman–Crippen MR) is 37.9 cm³/mol. The van der Waals surface area contributed by atoms with Gasteiger partial charge >= 0.3 is 6.18 Å². The van der Waals surface area contributed by atoms with E-state index in [4.69, 9.17) is 5.11 Å². The van der Waals surface area contributed by atoms with Gasteiger partial charge < -0.3 is 10.0 Å². The predicted octanol–water partition coefficient (Wildman–Crippen LogP) is 0.532. The maximum absolute atomic E-state index is 11.9. The third-order valence-corrected chi connectivity index (χ3v) is 1.96. The standard InChI is InChI=1S/C7H10F3NO2/c8-7(9,10)5(12)6(13)11-3-1-2-4-11/h5,12H,1-4H2/t5-/m0/s1. The van der Waals surface area contributed by atoms with Crippen molar-refractivity contribution in [3.8, 4) is 0 Å². The fourth-order valence-corrected chi connectivity index (χ4v) is 1.25. The topological polar surface area (TPSA) is 40.5 Å². The first-order chi connectivity index (χ1) is 5.93. The normalized spacial score (nSPS) is 20.5. The highest BCUT2D eigenvalue weighted by Crippen LogP contribution is 2.22. The number of carbonyl (C=O) groups excluding carboxylic acids is 1. The molecule has 1 aliphatic rings.